The number of aryl methyl sites for hydroxylation is 2. The lowest BCUT2D eigenvalue weighted by atomic mass is 9.90. The summed E-state index contributed by atoms with van der Waals surface area (Å²) >= 11 is 0. The molecule has 2 rings (SSSR count). The molecule has 1 N–H and O–H groups in total. The molecular formula is C18H31N3. The fourth-order valence-corrected chi connectivity index (χ4v) is 3.31. The van der Waals surface area contributed by atoms with Crippen molar-refractivity contribution in [1.29, 1.82) is 0 Å². The second-order valence-corrected chi connectivity index (χ2v) is 6.45. The first-order valence-electron chi connectivity index (χ1n) is 8.77. The van der Waals surface area contributed by atoms with Crippen molar-refractivity contribution in [2.24, 2.45) is 0 Å². The molecule has 0 radical (unpaired) electrons. The van der Waals surface area contributed by atoms with Crippen molar-refractivity contribution in [2.75, 3.05) is 6.54 Å². The second-order valence-electron chi connectivity index (χ2n) is 6.45. The lowest BCUT2D eigenvalue weighted by Gasteiger charge is -2.20. The molecule has 1 aromatic rings. The highest BCUT2D eigenvalue weighted by molar-refractivity contribution is 5.25. The normalized spacial score (nSPS) is 17.5. The van der Waals surface area contributed by atoms with Crippen LogP contribution >= 0.6 is 0 Å². The van der Waals surface area contributed by atoms with Crippen LogP contribution in [0.5, 0.6) is 0 Å². The second kappa shape index (κ2) is 8.47. The van der Waals surface area contributed by atoms with Crippen molar-refractivity contribution in [3.05, 3.63) is 22.8 Å². The molecule has 0 unspecified atom stereocenters. The Hall–Kier alpha value is -0.960. The number of aromatic nitrogens is 2. The minimum Gasteiger partial charge on any atom is -0.313 e. The van der Waals surface area contributed by atoms with Gasteiger partial charge in [-0.1, -0.05) is 39.0 Å². The molecule has 1 heterocycles. The summed E-state index contributed by atoms with van der Waals surface area (Å²) < 4.78 is 0. The summed E-state index contributed by atoms with van der Waals surface area (Å²) in [6.07, 6.45) is 10.6. The summed E-state index contributed by atoms with van der Waals surface area (Å²) in [6, 6.07) is 0. The van der Waals surface area contributed by atoms with Gasteiger partial charge >= 0.3 is 0 Å². The van der Waals surface area contributed by atoms with Gasteiger partial charge in [-0.2, -0.15) is 0 Å². The Balaban J connectivity index is 2.09. The summed E-state index contributed by atoms with van der Waals surface area (Å²) in [7, 11) is 0. The van der Waals surface area contributed by atoms with Gasteiger partial charge in [0.2, 0.25) is 0 Å². The number of nitrogens with zero attached hydrogens (tertiary/aromatic N) is 2. The van der Waals surface area contributed by atoms with Crippen LogP contribution < -0.4 is 5.32 Å². The van der Waals surface area contributed by atoms with Crippen LogP contribution in [0.15, 0.2) is 0 Å². The predicted molar refractivity (Wildman–Crippen MR) is 88.6 cm³/mol. The highest BCUT2D eigenvalue weighted by Crippen LogP contribution is 2.29. The molecule has 0 aromatic carbocycles. The first-order chi connectivity index (χ1) is 10.2. The molecule has 1 aliphatic rings. The third-order valence-corrected chi connectivity index (χ3v) is 4.64. The molecule has 0 spiro atoms. The van der Waals surface area contributed by atoms with Crippen LogP contribution in [0.1, 0.15) is 87.0 Å². The van der Waals surface area contributed by atoms with Crippen LogP contribution in [0.2, 0.25) is 0 Å². The molecule has 1 fully saturated rings. The minimum atomic E-state index is 0.584. The van der Waals surface area contributed by atoms with Gasteiger partial charge < -0.3 is 5.32 Å². The van der Waals surface area contributed by atoms with E-state index in [4.69, 9.17) is 9.97 Å². The van der Waals surface area contributed by atoms with Crippen molar-refractivity contribution >= 4 is 0 Å². The average molecular weight is 289 g/mol. The van der Waals surface area contributed by atoms with Gasteiger partial charge in [-0.3, -0.25) is 0 Å². The van der Waals surface area contributed by atoms with Gasteiger partial charge in [0.15, 0.2) is 0 Å². The Morgan fingerprint density at radius 2 is 1.52 bits per heavy atom. The van der Waals surface area contributed by atoms with E-state index in [0.29, 0.717) is 5.92 Å². The average Bonchev–Trinajstić information content (AvgIpc) is 2.41. The Kier molecular flexibility index (Phi) is 6.62. The summed E-state index contributed by atoms with van der Waals surface area (Å²) in [4.78, 5) is 9.72. The third kappa shape index (κ3) is 4.77. The van der Waals surface area contributed by atoms with Gasteiger partial charge in [0.1, 0.15) is 5.82 Å². The molecule has 0 atom stereocenters. The Labute approximate surface area is 130 Å². The van der Waals surface area contributed by atoms with E-state index >= 15 is 0 Å². The summed E-state index contributed by atoms with van der Waals surface area (Å²) in [6.45, 7) is 8.44. The van der Waals surface area contributed by atoms with Crippen molar-refractivity contribution < 1.29 is 0 Å². The zero-order valence-corrected chi connectivity index (χ0v) is 14.0. The number of hydrogen-bond donors (Lipinski definition) is 1. The quantitative estimate of drug-likeness (QED) is 0.815. The molecule has 1 aromatic heterocycles. The first-order valence-corrected chi connectivity index (χ1v) is 8.77. The molecule has 0 bridgehead atoms. The highest BCUT2D eigenvalue weighted by atomic mass is 14.9. The Bertz CT molecular complexity index is 411. The van der Waals surface area contributed by atoms with Crippen LogP contribution in [0.25, 0.3) is 0 Å². The van der Waals surface area contributed by atoms with E-state index in [1.54, 1.807) is 0 Å². The van der Waals surface area contributed by atoms with E-state index < -0.39 is 0 Å². The number of hydrogen-bond acceptors (Lipinski definition) is 3. The molecule has 3 nitrogen and oxygen atoms in total. The molecular weight excluding hydrogens is 258 g/mol. The van der Waals surface area contributed by atoms with Gasteiger partial charge in [0, 0.05) is 29.4 Å². The summed E-state index contributed by atoms with van der Waals surface area (Å²) in [5, 5.41) is 3.47. The standard InChI is InChI=1S/C18H31N3/c1-4-12-19-13-17-14(2)20-18(21-15(17)3)16-10-8-6-5-7-9-11-16/h16,19H,4-13H2,1-3H3. The predicted octanol–water partition coefficient (Wildman–Crippen LogP) is 4.42. The van der Waals surface area contributed by atoms with Crippen LogP contribution in [0, 0.1) is 13.8 Å². The van der Waals surface area contributed by atoms with Gasteiger partial charge in [-0.25, -0.2) is 9.97 Å². The Morgan fingerprint density at radius 1 is 0.952 bits per heavy atom. The molecule has 0 aliphatic heterocycles. The SMILES string of the molecule is CCCNCc1c(C)nc(C2CCCCCCC2)nc1C. The van der Waals surface area contributed by atoms with Gasteiger partial charge in [0.25, 0.3) is 0 Å². The van der Waals surface area contributed by atoms with Crippen LogP contribution in [0.3, 0.4) is 0 Å². The van der Waals surface area contributed by atoms with E-state index in [1.165, 1.54) is 68.3 Å². The number of rotatable bonds is 5. The fourth-order valence-electron chi connectivity index (χ4n) is 3.31. The summed E-state index contributed by atoms with van der Waals surface area (Å²) in [5.41, 5.74) is 3.63. The molecule has 118 valence electrons. The lowest BCUT2D eigenvalue weighted by Crippen LogP contribution is -2.18. The largest absolute Gasteiger partial charge is 0.313 e. The van der Waals surface area contributed by atoms with Crippen LogP contribution in [0.4, 0.5) is 0 Å². The maximum absolute atomic E-state index is 4.86. The van der Waals surface area contributed by atoms with E-state index in [1.807, 2.05) is 0 Å². The zero-order valence-electron chi connectivity index (χ0n) is 14.0. The third-order valence-electron chi connectivity index (χ3n) is 4.64. The topological polar surface area (TPSA) is 37.8 Å². The maximum Gasteiger partial charge on any atom is 0.131 e. The number of nitrogens with one attached hydrogen (secondary N) is 1. The van der Waals surface area contributed by atoms with E-state index in [2.05, 4.69) is 26.1 Å². The highest BCUT2D eigenvalue weighted by Gasteiger charge is 2.18. The first kappa shape index (κ1) is 16.4. The summed E-state index contributed by atoms with van der Waals surface area (Å²) in [5.74, 6) is 1.69. The molecule has 0 amide bonds. The van der Waals surface area contributed by atoms with E-state index in [-0.39, 0.29) is 0 Å². The van der Waals surface area contributed by atoms with Crippen molar-refractivity contribution in [3.8, 4) is 0 Å². The lowest BCUT2D eigenvalue weighted by molar-refractivity contribution is 0.440. The maximum atomic E-state index is 4.86. The molecule has 0 saturated heterocycles. The van der Waals surface area contributed by atoms with Crippen molar-refractivity contribution in [3.63, 3.8) is 0 Å². The Morgan fingerprint density at radius 3 is 2.10 bits per heavy atom. The molecule has 1 aliphatic carbocycles. The monoisotopic (exact) mass is 289 g/mol. The minimum absolute atomic E-state index is 0.584. The van der Waals surface area contributed by atoms with Crippen LogP contribution in [-0.2, 0) is 6.54 Å². The smallest absolute Gasteiger partial charge is 0.131 e. The van der Waals surface area contributed by atoms with Gasteiger partial charge in [0.05, 0.1) is 0 Å². The van der Waals surface area contributed by atoms with Crippen molar-refractivity contribution in [1.82, 2.24) is 15.3 Å². The van der Waals surface area contributed by atoms with Crippen molar-refractivity contribution in [2.45, 2.75) is 84.6 Å². The van der Waals surface area contributed by atoms with Gasteiger partial charge in [-0.15, -0.1) is 0 Å². The zero-order chi connectivity index (χ0) is 15.1. The van der Waals surface area contributed by atoms with Gasteiger partial charge in [-0.05, 0) is 39.7 Å². The fraction of sp³-hybridized carbons (Fsp3) is 0.778. The molecule has 3 heteroatoms. The molecule has 21 heavy (non-hydrogen) atoms. The van der Waals surface area contributed by atoms with E-state index in [9.17, 15) is 0 Å². The molecule has 1 saturated carbocycles. The van der Waals surface area contributed by atoms with Crippen LogP contribution in [-0.4, -0.2) is 16.5 Å². The van der Waals surface area contributed by atoms with E-state index in [0.717, 1.165) is 18.9 Å².